The fraction of sp³-hybridized carbons (Fsp3) is 0.652. The average Bonchev–Trinajstić information content (AvgIpc) is 3.18. The summed E-state index contributed by atoms with van der Waals surface area (Å²) in [5.41, 5.74) is 0.906. The molecular weight excluding hydrogens is 446 g/mol. The third-order valence-electron chi connectivity index (χ3n) is 5.96. The molecule has 10 heteroatoms. The second kappa shape index (κ2) is 16.2. The van der Waals surface area contributed by atoms with Gasteiger partial charge in [0, 0.05) is 35.7 Å². The number of rotatable bonds is 13. The van der Waals surface area contributed by atoms with Crippen molar-refractivity contribution in [1.82, 2.24) is 10.3 Å². The molecule has 2 rings (SSSR count). The average molecular weight is 478 g/mol. The number of carbonyl (C=O) groups excluding carboxylic acids is 3. The minimum atomic E-state index is -1.29. The van der Waals surface area contributed by atoms with Crippen LogP contribution in [0.15, 0.2) is 18.3 Å². The van der Waals surface area contributed by atoms with Crippen molar-refractivity contribution in [2.75, 3.05) is 6.61 Å². The first-order chi connectivity index (χ1) is 14.8. The monoisotopic (exact) mass is 478 g/mol. The smallest absolute Gasteiger partial charge is 0.550 e. The van der Waals surface area contributed by atoms with Crippen molar-refractivity contribution in [3.8, 4) is 0 Å². The summed E-state index contributed by atoms with van der Waals surface area (Å²) in [5, 5.41) is 25.6. The van der Waals surface area contributed by atoms with Gasteiger partial charge < -0.3 is 29.9 Å². The molecule has 0 radical (unpaired) electrons. The van der Waals surface area contributed by atoms with Gasteiger partial charge in [-0.25, -0.2) is 0 Å². The van der Waals surface area contributed by atoms with E-state index in [9.17, 15) is 24.6 Å². The Labute approximate surface area is 240 Å². The number of carbonyl (C=O) groups is 3. The largest absolute Gasteiger partial charge is 1.00 e. The van der Waals surface area contributed by atoms with Gasteiger partial charge in [0.25, 0.3) is 0 Å². The molecule has 0 aromatic carbocycles. The summed E-state index contributed by atoms with van der Waals surface area (Å²) in [6.45, 7) is 4.01. The molecule has 1 aliphatic carbocycles. The molecule has 33 heavy (non-hydrogen) atoms. The van der Waals surface area contributed by atoms with Gasteiger partial charge in [-0.1, -0.05) is 32.3 Å². The molecular formula is C23H32N2Na2O6. The first kappa shape index (κ1) is 32.5. The van der Waals surface area contributed by atoms with Crippen molar-refractivity contribution in [2.45, 2.75) is 77.9 Å². The fourth-order valence-corrected chi connectivity index (χ4v) is 4.29. The first-order valence-corrected chi connectivity index (χ1v) is 11.0. The Bertz CT molecular complexity index is 754. The van der Waals surface area contributed by atoms with Gasteiger partial charge in [0.1, 0.15) is 0 Å². The molecule has 0 unspecified atom stereocenters. The first-order valence-electron chi connectivity index (χ1n) is 11.0. The van der Waals surface area contributed by atoms with E-state index in [4.69, 9.17) is 4.74 Å². The predicted molar refractivity (Wildman–Crippen MR) is 109 cm³/mol. The SMILES string of the molecule is CCC[C@H](CC1(C(=O)N[C@@H](COCc2ccc(C)nc2)CC(=O)[O-])CCCC1)C(=O)[O-].[Na+].[Na+]. The number of carboxylic acids is 2. The summed E-state index contributed by atoms with van der Waals surface area (Å²) in [6.07, 6.45) is 5.49. The maximum atomic E-state index is 13.2. The van der Waals surface area contributed by atoms with Crippen LogP contribution in [0.3, 0.4) is 0 Å². The number of aryl methyl sites for hydroxylation is 1. The summed E-state index contributed by atoms with van der Waals surface area (Å²) in [5.74, 6) is -3.43. The van der Waals surface area contributed by atoms with Crippen LogP contribution in [-0.4, -0.2) is 35.5 Å². The van der Waals surface area contributed by atoms with Crippen LogP contribution in [-0.2, 0) is 25.7 Å². The maximum Gasteiger partial charge on any atom is 1.00 e. The molecule has 1 fully saturated rings. The van der Waals surface area contributed by atoms with E-state index in [0.717, 1.165) is 24.1 Å². The quantitative estimate of drug-likeness (QED) is 0.280. The number of aromatic nitrogens is 1. The number of aliphatic carboxylic acids is 2. The molecule has 0 aliphatic heterocycles. The van der Waals surface area contributed by atoms with Crippen LogP contribution in [0.5, 0.6) is 0 Å². The number of nitrogens with one attached hydrogen (secondary N) is 1. The van der Waals surface area contributed by atoms with Crippen LogP contribution in [0.25, 0.3) is 0 Å². The van der Waals surface area contributed by atoms with E-state index in [-0.39, 0.29) is 91.1 Å². The molecule has 1 saturated carbocycles. The molecule has 1 aliphatic rings. The second-order valence-corrected chi connectivity index (χ2v) is 8.57. The second-order valence-electron chi connectivity index (χ2n) is 8.57. The van der Waals surface area contributed by atoms with Crippen molar-refractivity contribution < 1.29 is 88.4 Å². The minimum Gasteiger partial charge on any atom is -0.550 e. The van der Waals surface area contributed by atoms with E-state index < -0.39 is 29.3 Å². The van der Waals surface area contributed by atoms with E-state index in [1.807, 2.05) is 26.0 Å². The summed E-state index contributed by atoms with van der Waals surface area (Å²) in [7, 11) is 0. The molecule has 1 aromatic rings. The molecule has 0 bridgehead atoms. The van der Waals surface area contributed by atoms with Gasteiger partial charge in [-0.15, -0.1) is 0 Å². The zero-order chi connectivity index (χ0) is 22.9. The van der Waals surface area contributed by atoms with Crippen molar-refractivity contribution >= 4 is 17.8 Å². The van der Waals surface area contributed by atoms with Crippen molar-refractivity contribution in [3.63, 3.8) is 0 Å². The summed E-state index contributed by atoms with van der Waals surface area (Å²) >= 11 is 0. The Hall–Kier alpha value is -0.480. The van der Waals surface area contributed by atoms with Crippen LogP contribution in [0.4, 0.5) is 0 Å². The Morgan fingerprint density at radius 3 is 2.36 bits per heavy atom. The van der Waals surface area contributed by atoms with Gasteiger partial charge in [0.05, 0.1) is 19.3 Å². The van der Waals surface area contributed by atoms with Gasteiger partial charge in [-0.05, 0) is 50.2 Å². The zero-order valence-corrected chi connectivity index (χ0v) is 24.4. The van der Waals surface area contributed by atoms with Crippen molar-refractivity contribution in [3.05, 3.63) is 29.6 Å². The molecule has 0 spiro atoms. The fourth-order valence-electron chi connectivity index (χ4n) is 4.29. The van der Waals surface area contributed by atoms with Crippen LogP contribution < -0.4 is 74.6 Å². The molecule has 2 atom stereocenters. The van der Waals surface area contributed by atoms with Crippen LogP contribution in [0.2, 0.25) is 0 Å². The van der Waals surface area contributed by atoms with E-state index in [0.29, 0.717) is 25.7 Å². The number of carboxylic acid groups (broad SMARTS) is 2. The Morgan fingerprint density at radius 1 is 1.18 bits per heavy atom. The summed E-state index contributed by atoms with van der Waals surface area (Å²) in [4.78, 5) is 40.1. The molecule has 8 nitrogen and oxygen atoms in total. The topological polar surface area (TPSA) is 131 Å². The number of pyridine rings is 1. The van der Waals surface area contributed by atoms with E-state index in [2.05, 4.69) is 10.3 Å². The third kappa shape index (κ3) is 10.8. The normalized spacial score (nSPS) is 16.1. The van der Waals surface area contributed by atoms with E-state index in [1.165, 1.54) is 0 Å². The van der Waals surface area contributed by atoms with E-state index in [1.54, 1.807) is 6.20 Å². The predicted octanol–water partition coefficient (Wildman–Crippen LogP) is -5.34. The molecule has 0 saturated heterocycles. The maximum absolute atomic E-state index is 13.2. The van der Waals surface area contributed by atoms with Crippen LogP contribution in [0, 0.1) is 18.3 Å². The number of hydrogen-bond donors (Lipinski definition) is 1. The Balaban J connectivity index is 0.00000512. The Kier molecular flexibility index (Phi) is 16.0. The molecule has 172 valence electrons. The van der Waals surface area contributed by atoms with Gasteiger partial charge in [0.2, 0.25) is 5.91 Å². The summed E-state index contributed by atoms with van der Waals surface area (Å²) in [6, 6.07) is 2.96. The molecule has 1 amide bonds. The number of amides is 1. The van der Waals surface area contributed by atoms with E-state index >= 15 is 0 Å². The minimum absolute atomic E-state index is 0. The number of ether oxygens (including phenoxy) is 1. The Morgan fingerprint density at radius 2 is 1.85 bits per heavy atom. The van der Waals surface area contributed by atoms with Crippen LogP contribution in [0.1, 0.15) is 69.5 Å². The molecule has 1 aromatic heterocycles. The van der Waals surface area contributed by atoms with Gasteiger partial charge in [0.15, 0.2) is 0 Å². The molecule has 1 N–H and O–H groups in total. The van der Waals surface area contributed by atoms with Gasteiger partial charge >= 0.3 is 59.1 Å². The standard InChI is InChI=1S/C23H34N2O6.2Na/c1-3-6-18(21(28)29)12-23(9-4-5-10-23)22(30)25-19(11-20(26)27)15-31-14-17-8-7-16(2)24-13-17;;/h7-8,13,18-19H,3-6,9-12,14-15H2,1-2H3,(H,25,30)(H,26,27)(H,28,29);;/q;2*+1/p-2/t18-,19-;;/m1../s1. The van der Waals surface area contributed by atoms with Crippen molar-refractivity contribution in [2.24, 2.45) is 11.3 Å². The molecule has 1 heterocycles. The number of nitrogens with zero attached hydrogens (tertiary/aromatic N) is 1. The number of hydrogen-bond acceptors (Lipinski definition) is 7. The van der Waals surface area contributed by atoms with Gasteiger partial charge in [-0.2, -0.15) is 0 Å². The third-order valence-corrected chi connectivity index (χ3v) is 5.96. The van der Waals surface area contributed by atoms with Gasteiger partial charge in [-0.3, -0.25) is 9.78 Å². The summed E-state index contributed by atoms with van der Waals surface area (Å²) < 4.78 is 5.63. The van der Waals surface area contributed by atoms with Crippen molar-refractivity contribution in [1.29, 1.82) is 0 Å². The van der Waals surface area contributed by atoms with Crippen LogP contribution >= 0.6 is 0 Å². The zero-order valence-electron chi connectivity index (χ0n) is 20.4.